The zero-order chi connectivity index (χ0) is 32.0. The van der Waals surface area contributed by atoms with Gasteiger partial charge in [-0.2, -0.15) is 5.10 Å². The van der Waals surface area contributed by atoms with Gasteiger partial charge in [-0.25, -0.2) is 23.1 Å². The van der Waals surface area contributed by atoms with Crippen molar-refractivity contribution in [2.75, 3.05) is 6.61 Å². The maximum atomic E-state index is 15.4. The van der Waals surface area contributed by atoms with E-state index >= 15 is 8.78 Å². The van der Waals surface area contributed by atoms with Crippen LogP contribution in [0.5, 0.6) is 0 Å². The minimum atomic E-state index is -3.23. The van der Waals surface area contributed by atoms with Crippen LogP contribution in [0.4, 0.5) is 13.6 Å². The molecule has 2 aromatic carbocycles. The van der Waals surface area contributed by atoms with Crippen molar-refractivity contribution in [3.8, 4) is 22.3 Å². The summed E-state index contributed by atoms with van der Waals surface area (Å²) >= 11 is 7.28. The maximum absolute atomic E-state index is 15.4. The van der Waals surface area contributed by atoms with E-state index in [2.05, 4.69) is 20.7 Å². The minimum absolute atomic E-state index is 0.0579. The molecular formula is C34H30ClF2N5O3S. The molecule has 5 aromatic rings. The minimum Gasteiger partial charge on any atom is -0.449 e. The van der Waals surface area contributed by atoms with E-state index in [4.69, 9.17) is 16.3 Å². The van der Waals surface area contributed by atoms with Gasteiger partial charge in [-0.15, -0.1) is 11.3 Å². The molecule has 0 aliphatic heterocycles. The van der Waals surface area contributed by atoms with E-state index in [0.29, 0.717) is 22.7 Å². The standard InChI is InChI=1S/C34H30ClF2N5O3S/c1-2-28-24(25-16-39-42-17-19(35)15-38-31(25)42)14-29(46-28)32(43)41-30-27(12-7-13-34(30,36)37)40-33(44)45-18-26-22-10-5-3-8-20(22)21-9-4-6-11-23(21)26/h3-6,8-11,14-17,26-27,30H,2,7,12-13,18H2,1H3,(H,40,44)(H,41,43)/t27-,30+/m0/s1. The fraction of sp³-hybridized carbons (Fsp3) is 0.294. The zero-order valence-corrected chi connectivity index (χ0v) is 26.4. The highest BCUT2D eigenvalue weighted by atomic mass is 35.5. The summed E-state index contributed by atoms with van der Waals surface area (Å²) in [5, 5.41) is 9.95. The molecule has 8 nitrogen and oxygen atoms in total. The molecule has 2 amide bonds. The Bertz CT molecular complexity index is 1910. The maximum Gasteiger partial charge on any atom is 0.407 e. The molecule has 12 heteroatoms. The number of aryl methyl sites for hydroxylation is 1. The molecular weight excluding hydrogens is 632 g/mol. The van der Waals surface area contributed by atoms with Gasteiger partial charge in [0.15, 0.2) is 5.65 Å². The molecule has 0 bridgehead atoms. The van der Waals surface area contributed by atoms with Crippen molar-refractivity contribution in [3.05, 3.63) is 99.1 Å². The number of rotatable bonds is 7. The van der Waals surface area contributed by atoms with E-state index in [1.165, 1.54) is 17.5 Å². The average molecular weight is 662 g/mol. The predicted octanol–water partition coefficient (Wildman–Crippen LogP) is 7.50. The second-order valence-electron chi connectivity index (χ2n) is 11.6. The van der Waals surface area contributed by atoms with Gasteiger partial charge in [0.25, 0.3) is 11.8 Å². The lowest BCUT2D eigenvalue weighted by atomic mass is 9.87. The average Bonchev–Trinajstić information content (AvgIpc) is 3.75. The van der Waals surface area contributed by atoms with Crippen LogP contribution in [-0.4, -0.2) is 51.2 Å². The number of benzene rings is 2. The molecule has 3 heterocycles. The predicted molar refractivity (Wildman–Crippen MR) is 173 cm³/mol. The van der Waals surface area contributed by atoms with Gasteiger partial charge in [-0.05, 0) is 47.6 Å². The van der Waals surface area contributed by atoms with E-state index in [0.717, 1.165) is 32.7 Å². The monoisotopic (exact) mass is 661 g/mol. The number of thiophene rings is 1. The van der Waals surface area contributed by atoms with Crippen LogP contribution in [0.2, 0.25) is 5.02 Å². The van der Waals surface area contributed by atoms with Crippen molar-refractivity contribution in [1.82, 2.24) is 25.2 Å². The van der Waals surface area contributed by atoms with E-state index in [-0.39, 0.29) is 30.2 Å². The van der Waals surface area contributed by atoms with Crippen molar-refractivity contribution in [1.29, 1.82) is 0 Å². The lowest BCUT2D eigenvalue weighted by Crippen LogP contribution is -2.62. The number of aromatic nitrogens is 3. The van der Waals surface area contributed by atoms with Gasteiger partial charge in [0.05, 0.1) is 28.3 Å². The molecule has 1 fully saturated rings. The van der Waals surface area contributed by atoms with E-state index in [1.54, 1.807) is 23.0 Å². The molecule has 7 rings (SSSR count). The van der Waals surface area contributed by atoms with Crippen molar-refractivity contribution in [3.63, 3.8) is 0 Å². The number of hydrogen-bond donors (Lipinski definition) is 2. The van der Waals surface area contributed by atoms with Crippen molar-refractivity contribution >= 4 is 40.6 Å². The van der Waals surface area contributed by atoms with Crippen LogP contribution in [0.1, 0.15) is 57.8 Å². The molecule has 3 aromatic heterocycles. The number of hydrogen-bond acceptors (Lipinski definition) is 6. The van der Waals surface area contributed by atoms with E-state index < -0.39 is 36.4 Å². The van der Waals surface area contributed by atoms with Gasteiger partial charge in [0.1, 0.15) is 12.6 Å². The number of ether oxygens (including phenoxy) is 1. The summed E-state index contributed by atoms with van der Waals surface area (Å²) in [7, 11) is 0. The van der Waals surface area contributed by atoms with Crippen LogP contribution >= 0.6 is 22.9 Å². The first-order chi connectivity index (χ1) is 22.2. The number of nitrogens with zero attached hydrogens (tertiary/aromatic N) is 3. The van der Waals surface area contributed by atoms with Gasteiger partial charge >= 0.3 is 6.09 Å². The number of halogens is 3. The van der Waals surface area contributed by atoms with Crippen LogP contribution < -0.4 is 10.6 Å². The Kier molecular flexibility index (Phi) is 7.98. The Morgan fingerprint density at radius 2 is 1.76 bits per heavy atom. The largest absolute Gasteiger partial charge is 0.449 e. The molecule has 0 unspecified atom stereocenters. The number of carbonyl (C=O) groups is 2. The molecule has 1 saturated carbocycles. The fourth-order valence-electron chi connectivity index (χ4n) is 6.61. The summed E-state index contributed by atoms with van der Waals surface area (Å²) in [5.41, 5.74) is 6.31. The highest BCUT2D eigenvalue weighted by molar-refractivity contribution is 7.14. The van der Waals surface area contributed by atoms with Crippen LogP contribution in [0, 0.1) is 0 Å². The lowest BCUT2D eigenvalue weighted by Gasteiger charge is -2.38. The van der Waals surface area contributed by atoms with Crippen LogP contribution in [0.15, 0.2) is 73.2 Å². The van der Waals surface area contributed by atoms with Crippen LogP contribution in [0.3, 0.4) is 0 Å². The summed E-state index contributed by atoms with van der Waals surface area (Å²) in [6.07, 6.45) is 4.69. The van der Waals surface area contributed by atoms with Crippen molar-refractivity contribution in [2.24, 2.45) is 0 Å². The van der Waals surface area contributed by atoms with Crippen molar-refractivity contribution < 1.29 is 23.1 Å². The summed E-state index contributed by atoms with van der Waals surface area (Å²) in [4.78, 5) is 32.1. The number of alkyl halides is 2. The Hall–Kier alpha value is -4.35. The Balaban J connectivity index is 1.07. The first kappa shape index (κ1) is 30.3. The Morgan fingerprint density at radius 3 is 2.48 bits per heavy atom. The molecule has 0 radical (unpaired) electrons. The summed E-state index contributed by atoms with van der Waals surface area (Å²) in [6, 6.07) is 15.0. The third-order valence-electron chi connectivity index (χ3n) is 8.79. The van der Waals surface area contributed by atoms with E-state index in [1.807, 2.05) is 55.5 Å². The van der Waals surface area contributed by atoms with Crippen molar-refractivity contribution in [2.45, 2.75) is 56.5 Å². The third kappa shape index (κ3) is 5.51. The van der Waals surface area contributed by atoms with Gasteiger partial charge in [0.2, 0.25) is 0 Å². The molecule has 2 N–H and O–H groups in total. The molecule has 2 aliphatic carbocycles. The lowest BCUT2D eigenvalue weighted by molar-refractivity contribution is -0.0715. The quantitative estimate of drug-likeness (QED) is 0.188. The second-order valence-corrected chi connectivity index (χ2v) is 13.2. The number of fused-ring (bicyclic) bond motifs is 4. The zero-order valence-electron chi connectivity index (χ0n) is 24.8. The number of alkyl carbamates (subject to hydrolysis) is 1. The molecule has 2 atom stereocenters. The van der Waals surface area contributed by atoms with E-state index in [9.17, 15) is 9.59 Å². The highest BCUT2D eigenvalue weighted by Gasteiger charge is 2.48. The number of nitrogens with one attached hydrogen (secondary N) is 2. The molecule has 0 saturated heterocycles. The molecule has 0 spiro atoms. The molecule has 2 aliphatic rings. The fourth-order valence-corrected chi connectivity index (χ4v) is 7.77. The summed E-state index contributed by atoms with van der Waals surface area (Å²) in [5.74, 6) is -4.03. The highest BCUT2D eigenvalue weighted by Crippen LogP contribution is 2.44. The van der Waals surface area contributed by atoms with Gasteiger partial charge < -0.3 is 15.4 Å². The number of amides is 2. The normalized spacial score (nSPS) is 18.6. The Labute approximate surface area is 272 Å². The smallest absolute Gasteiger partial charge is 0.407 e. The SMILES string of the molecule is CCc1sc(C(=O)N[C@@H]2[C@@H](NC(=O)OCC3c4ccccc4-c4ccccc43)CCCC2(F)F)cc1-c1cnn2cc(Cl)cnc12. The Morgan fingerprint density at radius 1 is 1.04 bits per heavy atom. The first-order valence-corrected chi connectivity index (χ1v) is 16.3. The number of carbonyl (C=O) groups excluding carboxylic acids is 2. The molecule has 236 valence electrons. The van der Waals surface area contributed by atoms with Crippen LogP contribution in [0.25, 0.3) is 27.9 Å². The van der Waals surface area contributed by atoms with Gasteiger partial charge in [-0.1, -0.05) is 67.1 Å². The summed E-state index contributed by atoms with van der Waals surface area (Å²) in [6.45, 7) is 2.01. The topological polar surface area (TPSA) is 97.6 Å². The molecule has 46 heavy (non-hydrogen) atoms. The second kappa shape index (κ2) is 12.1. The summed E-state index contributed by atoms with van der Waals surface area (Å²) < 4.78 is 37.9. The van der Waals surface area contributed by atoms with Gasteiger partial charge in [0, 0.05) is 34.5 Å². The van der Waals surface area contributed by atoms with Crippen LogP contribution in [-0.2, 0) is 11.2 Å². The third-order valence-corrected chi connectivity index (χ3v) is 10.3. The van der Waals surface area contributed by atoms with Gasteiger partial charge in [-0.3, -0.25) is 4.79 Å². The first-order valence-electron chi connectivity index (χ1n) is 15.2.